The molecule has 10 heteroatoms. The summed E-state index contributed by atoms with van der Waals surface area (Å²) in [6, 6.07) is 14.5. The van der Waals surface area contributed by atoms with Gasteiger partial charge in [0, 0.05) is 11.3 Å². The van der Waals surface area contributed by atoms with E-state index >= 15 is 0 Å². The number of nitrogens with one attached hydrogen (secondary N) is 1. The Morgan fingerprint density at radius 1 is 1.07 bits per heavy atom. The number of anilines is 2. The summed E-state index contributed by atoms with van der Waals surface area (Å²) in [5, 5.41) is 7.97. The third-order valence-electron chi connectivity index (χ3n) is 4.49. The van der Waals surface area contributed by atoms with Crippen molar-refractivity contribution in [3.8, 4) is 16.9 Å². The first-order chi connectivity index (χ1) is 14.5. The van der Waals surface area contributed by atoms with E-state index in [-0.39, 0.29) is 0 Å². The largest absolute Gasteiger partial charge is 0.383 e. The van der Waals surface area contributed by atoms with E-state index in [2.05, 4.69) is 15.3 Å². The van der Waals surface area contributed by atoms with Gasteiger partial charge in [0.15, 0.2) is 5.65 Å². The van der Waals surface area contributed by atoms with Crippen LogP contribution in [-0.2, 0) is 15.8 Å². The summed E-state index contributed by atoms with van der Waals surface area (Å²) in [6.45, 7) is 0. The highest BCUT2D eigenvalue weighted by atomic mass is 32.2. The molecule has 2 aromatic heterocycles. The van der Waals surface area contributed by atoms with E-state index < -0.39 is 11.0 Å². The molecular weight excluding hydrogens is 402 g/mol. The van der Waals surface area contributed by atoms with Crippen molar-refractivity contribution in [3.63, 3.8) is 0 Å². The Kier molecular flexibility index (Phi) is 5.25. The normalized spacial score (nSPS) is 12.2. The number of nitrogens with two attached hydrogens (primary N) is 1. The van der Waals surface area contributed by atoms with Crippen molar-refractivity contribution in [3.05, 3.63) is 54.9 Å². The third kappa shape index (κ3) is 3.53. The molecule has 4 rings (SSSR count). The fourth-order valence-electron chi connectivity index (χ4n) is 3.06. The van der Waals surface area contributed by atoms with Gasteiger partial charge in [0.05, 0.1) is 16.0 Å². The summed E-state index contributed by atoms with van der Waals surface area (Å²) < 4.78 is 15.6. The fourth-order valence-corrected chi connectivity index (χ4v) is 3.85. The molecule has 4 aromatic rings. The van der Waals surface area contributed by atoms with Crippen LogP contribution in [0.25, 0.3) is 28.0 Å². The Bertz CT molecular complexity index is 1230. The zero-order chi connectivity index (χ0) is 21.3. The van der Waals surface area contributed by atoms with Gasteiger partial charge < -0.3 is 11.1 Å². The average Bonchev–Trinajstić information content (AvgIpc) is 3.15. The summed E-state index contributed by atoms with van der Waals surface area (Å²) in [5.41, 5.74) is 9.58. The first-order valence-electron chi connectivity index (χ1n) is 8.99. The summed E-state index contributed by atoms with van der Waals surface area (Å²) in [4.78, 5) is 19.8. The van der Waals surface area contributed by atoms with Crippen molar-refractivity contribution >= 4 is 39.9 Å². The van der Waals surface area contributed by atoms with Crippen LogP contribution in [0.4, 0.5) is 11.5 Å². The Morgan fingerprint density at radius 3 is 2.40 bits per heavy atom. The number of fused-ring (bicyclic) bond motifs is 1. The predicted octanol–water partition coefficient (Wildman–Crippen LogP) is 2.22. The van der Waals surface area contributed by atoms with Crippen molar-refractivity contribution in [2.75, 3.05) is 25.1 Å². The molecule has 1 amide bonds. The minimum atomic E-state index is -1.23. The van der Waals surface area contributed by atoms with Gasteiger partial charge in [-0.05, 0) is 50.5 Å². The maximum Gasteiger partial charge on any atom is 0.211 e. The maximum atomic E-state index is 12.3. The molecular formula is C20H19N7O2S. The van der Waals surface area contributed by atoms with E-state index in [1.807, 2.05) is 24.3 Å². The monoisotopic (exact) mass is 421 g/mol. The summed E-state index contributed by atoms with van der Waals surface area (Å²) >= 11 is 0. The minimum Gasteiger partial charge on any atom is -0.383 e. The molecule has 1 atom stereocenters. The van der Waals surface area contributed by atoms with Crippen LogP contribution in [-0.4, -0.2) is 48.8 Å². The number of rotatable bonds is 6. The smallest absolute Gasteiger partial charge is 0.211 e. The van der Waals surface area contributed by atoms with E-state index in [0.29, 0.717) is 39.5 Å². The lowest BCUT2D eigenvalue weighted by atomic mass is 10.1. The average molecular weight is 421 g/mol. The highest BCUT2D eigenvalue weighted by Crippen LogP contribution is 2.32. The number of hydrogen-bond acceptors (Lipinski definition) is 6. The molecule has 1 unspecified atom stereocenters. The zero-order valence-electron chi connectivity index (χ0n) is 16.3. The van der Waals surface area contributed by atoms with Crippen LogP contribution in [0.1, 0.15) is 0 Å². The van der Waals surface area contributed by atoms with Crippen LogP contribution >= 0.6 is 0 Å². The van der Waals surface area contributed by atoms with Crippen LogP contribution in [0.3, 0.4) is 0 Å². The van der Waals surface area contributed by atoms with Crippen LogP contribution in [0, 0.1) is 0 Å². The number of benzene rings is 2. The Hall–Kier alpha value is -3.63. The Morgan fingerprint density at radius 2 is 1.77 bits per heavy atom. The number of nitrogen functional groups attached to an aromatic ring is 1. The van der Waals surface area contributed by atoms with Crippen LogP contribution in [0.15, 0.2) is 59.8 Å². The van der Waals surface area contributed by atoms with E-state index in [0.717, 1.165) is 11.3 Å². The zero-order valence-corrected chi connectivity index (χ0v) is 17.1. The fraction of sp³-hybridized carbons (Fsp3) is 0.100. The number of aromatic nitrogens is 4. The number of amides is 1. The van der Waals surface area contributed by atoms with E-state index in [1.54, 1.807) is 47.3 Å². The maximum absolute atomic E-state index is 12.3. The van der Waals surface area contributed by atoms with Gasteiger partial charge in [0.1, 0.15) is 28.8 Å². The standard InChI is InChI=1S/C20H19N7O2S/c1-26(2)30(29)16-9-3-13(4-10-16)18-17-19(21)22-11-23-20(17)27(25-18)15-7-5-14(6-8-15)24-12-28/h3-12H,1-2H3,(H,24,28)(H2,21,22,23). The Labute approximate surface area is 175 Å². The second-order valence-corrected chi connectivity index (χ2v) is 8.31. The van der Waals surface area contributed by atoms with E-state index in [1.165, 1.54) is 6.33 Å². The van der Waals surface area contributed by atoms with Crippen LogP contribution in [0.5, 0.6) is 0 Å². The van der Waals surface area contributed by atoms with Gasteiger partial charge in [0.2, 0.25) is 6.41 Å². The lowest BCUT2D eigenvalue weighted by Crippen LogP contribution is -2.15. The molecule has 3 N–H and O–H groups in total. The molecule has 0 aliphatic heterocycles. The first-order valence-corrected chi connectivity index (χ1v) is 10.1. The van der Waals surface area contributed by atoms with Gasteiger partial charge in [-0.15, -0.1) is 0 Å². The first kappa shape index (κ1) is 19.7. The lowest BCUT2D eigenvalue weighted by Gasteiger charge is -2.09. The van der Waals surface area contributed by atoms with E-state index in [4.69, 9.17) is 10.8 Å². The van der Waals surface area contributed by atoms with Crippen molar-refractivity contribution in [1.82, 2.24) is 24.1 Å². The molecule has 0 saturated carbocycles. The van der Waals surface area contributed by atoms with Gasteiger partial charge in [-0.2, -0.15) is 5.10 Å². The summed E-state index contributed by atoms with van der Waals surface area (Å²) in [7, 11) is 2.28. The van der Waals surface area contributed by atoms with Crippen LogP contribution < -0.4 is 11.1 Å². The number of nitrogens with zero attached hydrogens (tertiary/aromatic N) is 5. The highest BCUT2D eigenvalue weighted by Gasteiger charge is 2.18. The minimum absolute atomic E-state index is 0.321. The van der Waals surface area contributed by atoms with Gasteiger partial charge >= 0.3 is 0 Å². The van der Waals surface area contributed by atoms with Gasteiger partial charge in [-0.3, -0.25) is 4.79 Å². The second-order valence-electron chi connectivity index (χ2n) is 6.61. The Balaban J connectivity index is 1.83. The van der Waals surface area contributed by atoms with Crippen molar-refractivity contribution in [2.45, 2.75) is 4.90 Å². The van der Waals surface area contributed by atoms with Crippen molar-refractivity contribution < 1.29 is 9.00 Å². The molecule has 30 heavy (non-hydrogen) atoms. The molecule has 0 aliphatic rings. The van der Waals surface area contributed by atoms with Gasteiger partial charge in [0.25, 0.3) is 0 Å². The summed E-state index contributed by atoms with van der Waals surface area (Å²) in [5.74, 6) is 0.321. The molecule has 9 nitrogen and oxygen atoms in total. The quantitative estimate of drug-likeness (QED) is 0.461. The number of hydrogen-bond donors (Lipinski definition) is 2. The van der Waals surface area contributed by atoms with Crippen molar-refractivity contribution in [2.24, 2.45) is 0 Å². The SMILES string of the molecule is CN(C)S(=O)c1ccc(-c2nn(-c3ccc(NC=O)cc3)c3ncnc(N)c23)cc1. The molecule has 0 bridgehead atoms. The lowest BCUT2D eigenvalue weighted by molar-refractivity contribution is -0.105. The number of carbonyl (C=O) groups is 1. The molecule has 0 aliphatic carbocycles. The predicted molar refractivity (Wildman–Crippen MR) is 116 cm³/mol. The summed E-state index contributed by atoms with van der Waals surface area (Å²) in [6.07, 6.45) is 2.02. The molecule has 2 heterocycles. The second kappa shape index (κ2) is 8.01. The topological polar surface area (TPSA) is 119 Å². The highest BCUT2D eigenvalue weighted by molar-refractivity contribution is 7.82. The molecule has 0 fully saturated rings. The third-order valence-corrected chi connectivity index (χ3v) is 5.83. The molecule has 2 aromatic carbocycles. The number of carbonyl (C=O) groups excluding carboxylic acids is 1. The molecule has 0 radical (unpaired) electrons. The van der Waals surface area contributed by atoms with Crippen molar-refractivity contribution in [1.29, 1.82) is 0 Å². The molecule has 0 spiro atoms. The van der Waals surface area contributed by atoms with Gasteiger partial charge in [-0.1, -0.05) is 12.1 Å². The van der Waals surface area contributed by atoms with E-state index in [9.17, 15) is 9.00 Å². The molecule has 152 valence electrons. The van der Waals surface area contributed by atoms with Gasteiger partial charge in [-0.25, -0.2) is 23.2 Å². The molecule has 0 saturated heterocycles. The van der Waals surface area contributed by atoms with Crippen LogP contribution in [0.2, 0.25) is 0 Å².